The van der Waals surface area contributed by atoms with Crippen molar-refractivity contribution in [3.63, 3.8) is 0 Å². The molecule has 0 fully saturated rings. The van der Waals surface area contributed by atoms with Crippen LogP contribution in [0.5, 0.6) is 5.75 Å². The molecule has 0 bridgehead atoms. The lowest BCUT2D eigenvalue weighted by Crippen LogP contribution is -2.10. The molecule has 166 valence electrons. The fourth-order valence-electron chi connectivity index (χ4n) is 3.85. The number of benzene rings is 2. The van der Waals surface area contributed by atoms with E-state index in [9.17, 15) is 4.79 Å². The summed E-state index contributed by atoms with van der Waals surface area (Å²) < 4.78 is 17.1. The summed E-state index contributed by atoms with van der Waals surface area (Å²) in [6.45, 7) is 8.21. The third kappa shape index (κ3) is 6.34. The minimum absolute atomic E-state index is 0.157. The van der Waals surface area contributed by atoms with Gasteiger partial charge in [-0.25, -0.2) is 0 Å². The van der Waals surface area contributed by atoms with Crippen LogP contribution in [0.2, 0.25) is 5.02 Å². The first-order valence-electron chi connectivity index (χ1n) is 10.9. The predicted octanol–water partition coefficient (Wildman–Crippen LogP) is 6.10. The smallest absolute Gasteiger partial charge is 0.306 e. The maximum atomic E-state index is 11.7. The monoisotopic (exact) mass is 442 g/mol. The van der Waals surface area contributed by atoms with Crippen molar-refractivity contribution >= 4 is 23.1 Å². The van der Waals surface area contributed by atoms with Crippen molar-refractivity contribution in [3.05, 3.63) is 69.2 Å². The quantitative estimate of drug-likeness (QED) is 0.463. The van der Waals surface area contributed by atoms with Crippen molar-refractivity contribution in [1.29, 1.82) is 0 Å². The van der Waals surface area contributed by atoms with Crippen LogP contribution in [0.1, 0.15) is 48.4 Å². The molecule has 0 unspecified atom stereocenters. The van der Waals surface area contributed by atoms with Crippen LogP contribution in [-0.2, 0) is 20.7 Å². The molecule has 0 spiro atoms. The summed E-state index contributed by atoms with van der Waals surface area (Å²) in [5.41, 5.74) is 7.04. The van der Waals surface area contributed by atoms with Crippen molar-refractivity contribution in [3.8, 4) is 5.75 Å². The highest BCUT2D eigenvalue weighted by atomic mass is 35.5. The van der Waals surface area contributed by atoms with E-state index in [1.54, 1.807) is 0 Å². The van der Waals surface area contributed by atoms with Crippen LogP contribution in [0.3, 0.4) is 0 Å². The standard InChI is InChI=1S/C26H31ClO4/c1-4-30-26(28)14-10-20-9-13-25(19(3)18(20)2)31-17-22-16-29-15-5-6-24(22)21-7-11-23(27)12-8-21/h7-9,11-13H,4-6,10,14-17H2,1-3H3. The summed E-state index contributed by atoms with van der Waals surface area (Å²) >= 11 is 6.07. The normalized spacial score (nSPS) is 14.3. The number of hydrogen-bond donors (Lipinski definition) is 0. The number of ether oxygens (including phenoxy) is 3. The van der Waals surface area contributed by atoms with Crippen molar-refractivity contribution in [2.45, 2.75) is 46.5 Å². The van der Waals surface area contributed by atoms with Crippen molar-refractivity contribution in [2.75, 3.05) is 26.4 Å². The molecular formula is C26H31ClO4. The van der Waals surface area contributed by atoms with E-state index in [4.69, 9.17) is 25.8 Å². The second-order valence-corrected chi connectivity index (χ2v) is 8.25. The molecule has 2 aromatic carbocycles. The van der Waals surface area contributed by atoms with E-state index in [0.717, 1.165) is 46.9 Å². The van der Waals surface area contributed by atoms with Gasteiger partial charge < -0.3 is 14.2 Å². The SMILES string of the molecule is CCOC(=O)CCc1ccc(OCC2=C(c3ccc(Cl)cc3)CCCOC2)c(C)c1C. The second kappa shape index (κ2) is 11.4. The minimum atomic E-state index is -0.157. The van der Waals surface area contributed by atoms with Gasteiger partial charge in [0.15, 0.2) is 0 Å². The number of esters is 1. The Bertz CT molecular complexity index is 931. The predicted molar refractivity (Wildman–Crippen MR) is 125 cm³/mol. The van der Waals surface area contributed by atoms with Gasteiger partial charge in [0.05, 0.1) is 13.2 Å². The summed E-state index contributed by atoms with van der Waals surface area (Å²) in [5.74, 6) is 0.708. The summed E-state index contributed by atoms with van der Waals surface area (Å²) in [6, 6.07) is 12.0. The first-order chi connectivity index (χ1) is 15.0. The number of carbonyl (C=O) groups is 1. The number of hydrogen-bond acceptors (Lipinski definition) is 4. The molecule has 0 atom stereocenters. The molecule has 5 heteroatoms. The van der Waals surface area contributed by atoms with Crippen LogP contribution in [0.4, 0.5) is 0 Å². The maximum Gasteiger partial charge on any atom is 0.306 e. The minimum Gasteiger partial charge on any atom is -0.489 e. The topological polar surface area (TPSA) is 44.8 Å². The third-order valence-corrected chi connectivity index (χ3v) is 6.02. The number of rotatable bonds is 8. The highest BCUT2D eigenvalue weighted by Gasteiger charge is 2.16. The molecule has 1 heterocycles. The van der Waals surface area contributed by atoms with Gasteiger partial charge in [0.25, 0.3) is 0 Å². The van der Waals surface area contributed by atoms with E-state index in [-0.39, 0.29) is 5.97 Å². The highest BCUT2D eigenvalue weighted by molar-refractivity contribution is 6.30. The largest absolute Gasteiger partial charge is 0.489 e. The molecular weight excluding hydrogens is 412 g/mol. The molecule has 4 nitrogen and oxygen atoms in total. The summed E-state index contributed by atoms with van der Waals surface area (Å²) in [6.07, 6.45) is 3.02. The van der Waals surface area contributed by atoms with Gasteiger partial charge in [-0.05, 0) is 91.6 Å². The molecule has 31 heavy (non-hydrogen) atoms. The van der Waals surface area contributed by atoms with Gasteiger partial charge in [0, 0.05) is 18.1 Å². The van der Waals surface area contributed by atoms with E-state index >= 15 is 0 Å². The van der Waals surface area contributed by atoms with Crippen LogP contribution in [0, 0.1) is 13.8 Å². The molecule has 2 aromatic rings. The number of halogens is 1. The molecule has 1 aliphatic heterocycles. The fourth-order valence-corrected chi connectivity index (χ4v) is 3.98. The van der Waals surface area contributed by atoms with Crippen LogP contribution < -0.4 is 4.74 Å². The highest BCUT2D eigenvalue weighted by Crippen LogP contribution is 2.30. The van der Waals surface area contributed by atoms with Crippen molar-refractivity contribution in [2.24, 2.45) is 0 Å². The van der Waals surface area contributed by atoms with Gasteiger partial charge in [0.1, 0.15) is 12.4 Å². The van der Waals surface area contributed by atoms with E-state index in [0.29, 0.717) is 32.7 Å². The lowest BCUT2D eigenvalue weighted by molar-refractivity contribution is -0.143. The molecule has 0 N–H and O–H groups in total. The number of allylic oxidation sites excluding steroid dienone is 1. The van der Waals surface area contributed by atoms with E-state index in [1.165, 1.54) is 16.7 Å². The molecule has 0 saturated heterocycles. The Hall–Kier alpha value is -2.30. The van der Waals surface area contributed by atoms with Crippen LogP contribution in [0.15, 0.2) is 42.0 Å². The Labute approximate surface area is 190 Å². The lowest BCUT2D eigenvalue weighted by Gasteiger charge is -2.17. The van der Waals surface area contributed by atoms with Gasteiger partial charge in [0.2, 0.25) is 0 Å². The van der Waals surface area contributed by atoms with Crippen LogP contribution in [0.25, 0.3) is 5.57 Å². The van der Waals surface area contributed by atoms with E-state index < -0.39 is 0 Å². The first-order valence-corrected chi connectivity index (χ1v) is 11.3. The Morgan fingerprint density at radius 1 is 1.10 bits per heavy atom. The summed E-state index contributed by atoms with van der Waals surface area (Å²) in [4.78, 5) is 11.7. The molecule has 3 rings (SSSR count). The lowest BCUT2D eigenvalue weighted by atomic mass is 9.96. The van der Waals surface area contributed by atoms with E-state index in [2.05, 4.69) is 32.0 Å². The number of aryl methyl sites for hydroxylation is 1. The van der Waals surface area contributed by atoms with Crippen molar-refractivity contribution in [1.82, 2.24) is 0 Å². The zero-order valence-electron chi connectivity index (χ0n) is 18.6. The summed E-state index contributed by atoms with van der Waals surface area (Å²) in [5, 5.41) is 0.737. The van der Waals surface area contributed by atoms with Gasteiger partial charge >= 0.3 is 5.97 Å². The zero-order valence-corrected chi connectivity index (χ0v) is 19.4. The van der Waals surface area contributed by atoms with Gasteiger partial charge in [-0.3, -0.25) is 4.79 Å². The molecule has 0 radical (unpaired) electrons. The zero-order chi connectivity index (χ0) is 22.2. The average Bonchev–Trinajstić information content (AvgIpc) is 3.00. The molecule has 1 aliphatic rings. The fraction of sp³-hybridized carbons (Fsp3) is 0.423. The molecule has 0 aliphatic carbocycles. The molecule has 0 aromatic heterocycles. The summed E-state index contributed by atoms with van der Waals surface area (Å²) in [7, 11) is 0. The molecule has 0 amide bonds. The Balaban J connectivity index is 1.74. The van der Waals surface area contributed by atoms with Crippen LogP contribution >= 0.6 is 11.6 Å². The number of carbonyl (C=O) groups excluding carboxylic acids is 1. The second-order valence-electron chi connectivity index (χ2n) is 7.81. The van der Waals surface area contributed by atoms with Gasteiger partial charge in [-0.1, -0.05) is 29.8 Å². The Kier molecular flexibility index (Phi) is 8.56. The molecule has 0 saturated carbocycles. The van der Waals surface area contributed by atoms with Crippen LogP contribution in [-0.4, -0.2) is 32.4 Å². The Morgan fingerprint density at radius 3 is 2.61 bits per heavy atom. The van der Waals surface area contributed by atoms with E-state index in [1.807, 2.05) is 25.1 Å². The Morgan fingerprint density at radius 2 is 1.87 bits per heavy atom. The van der Waals surface area contributed by atoms with Gasteiger partial charge in [-0.15, -0.1) is 0 Å². The average molecular weight is 443 g/mol. The van der Waals surface area contributed by atoms with Crippen molar-refractivity contribution < 1.29 is 19.0 Å². The van der Waals surface area contributed by atoms with Gasteiger partial charge in [-0.2, -0.15) is 0 Å². The third-order valence-electron chi connectivity index (χ3n) is 5.77. The first kappa shape index (κ1) is 23.4. The maximum absolute atomic E-state index is 11.7.